The van der Waals surface area contributed by atoms with Gasteiger partial charge >= 0.3 is 0 Å². The number of aromatic amines is 1. The lowest BCUT2D eigenvalue weighted by Crippen LogP contribution is -2.27. The maximum Gasteiger partial charge on any atom is 0.257 e. The molecular weight excluding hydrogens is 258 g/mol. The summed E-state index contributed by atoms with van der Waals surface area (Å²) in [5, 5.41) is 9.26. The molecule has 1 amide bonds. The van der Waals surface area contributed by atoms with Crippen LogP contribution >= 0.6 is 0 Å². The van der Waals surface area contributed by atoms with E-state index in [0.29, 0.717) is 36.6 Å². The van der Waals surface area contributed by atoms with E-state index in [1.54, 1.807) is 18.2 Å². The molecule has 20 heavy (non-hydrogen) atoms. The van der Waals surface area contributed by atoms with Crippen molar-refractivity contribution in [2.75, 3.05) is 18.9 Å². The van der Waals surface area contributed by atoms with Crippen LogP contribution in [0.5, 0.6) is 5.75 Å². The van der Waals surface area contributed by atoms with Gasteiger partial charge in [-0.25, -0.2) is 4.98 Å². The number of ether oxygens (including phenoxy) is 1. The number of amides is 1. The first kappa shape index (κ1) is 13.9. The molecule has 0 saturated carbocycles. The average molecular weight is 275 g/mol. The zero-order valence-corrected chi connectivity index (χ0v) is 11.2. The minimum absolute atomic E-state index is 0.258. The van der Waals surface area contributed by atoms with Gasteiger partial charge in [0.1, 0.15) is 23.5 Å². The van der Waals surface area contributed by atoms with Crippen molar-refractivity contribution in [1.29, 1.82) is 0 Å². The van der Waals surface area contributed by atoms with Crippen molar-refractivity contribution in [1.82, 2.24) is 20.5 Å². The van der Waals surface area contributed by atoms with Gasteiger partial charge in [-0.15, -0.1) is 0 Å². The van der Waals surface area contributed by atoms with Crippen LogP contribution in [0.4, 0.5) is 5.69 Å². The van der Waals surface area contributed by atoms with Crippen molar-refractivity contribution < 1.29 is 9.53 Å². The third kappa shape index (κ3) is 3.25. The topological polar surface area (TPSA) is 106 Å². The van der Waals surface area contributed by atoms with Crippen LogP contribution in [0.25, 0.3) is 0 Å². The lowest BCUT2D eigenvalue weighted by molar-refractivity contribution is 0.0951. The highest BCUT2D eigenvalue weighted by molar-refractivity contribution is 6.01. The molecule has 1 aromatic heterocycles. The summed E-state index contributed by atoms with van der Waals surface area (Å²) in [5.41, 5.74) is 6.61. The van der Waals surface area contributed by atoms with Crippen LogP contribution in [-0.4, -0.2) is 34.2 Å². The number of nitrogens with two attached hydrogens (primary N) is 1. The maximum absolute atomic E-state index is 12.2. The Hall–Kier alpha value is -2.57. The van der Waals surface area contributed by atoms with Crippen LogP contribution in [-0.2, 0) is 6.42 Å². The van der Waals surface area contributed by atoms with Crippen LogP contribution < -0.4 is 15.8 Å². The molecule has 4 N–H and O–H groups in total. The molecule has 2 rings (SSSR count). The molecule has 0 spiro atoms. The number of hydrogen-bond donors (Lipinski definition) is 3. The minimum Gasteiger partial charge on any atom is -0.493 e. The highest BCUT2D eigenvalue weighted by Gasteiger charge is 2.15. The fraction of sp³-hybridized carbons (Fsp3) is 0.308. The predicted octanol–water partition coefficient (Wildman–Crippen LogP) is 0.758. The number of nitrogens with zero attached hydrogens (tertiary/aromatic N) is 2. The molecule has 1 aromatic carbocycles. The lowest BCUT2D eigenvalue weighted by Gasteiger charge is -2.12. The first-order chi connectivity index (χ1) is 9.72. The standard InChI is InChI=1S/C13H17N5O2/c1-2-20-10-5-3-4-9(14)12(10)13(19)15-7-6-11-16-8-17-18-11/h3-5,8H,2,6-7,14H2,1H3,(H,15,19)(H,16,17,18). The van der Waals surface area contributed by atoms with Gasteiger partial charge in [0.25, 0.3) is 5.91 Å². The largest absolute Gasteiger partial charge is 0.493 e. The number of rotatable bonds is 6. The Balaban J connectivity index is 2.01. The molecule has 0 saturated heterocycles. The number of nitrogen functional groups attached to an aromatic ring is 1. The minimum atomic E-state index is -0.258. The molecule has 0 bridgehead atoms. The van der Waals surface area contributed by atoms with E-state index in [1.807, 2.05) is 6.92 Å². The van der Waals surface area contributed by atoms with Gasteiger partial charge in [-0.1, -0.05) is 6.07 Å². The molecule has 0 aliphatic heterocycles. The van der Waals surface area contributed by atoms with E-state index in [0.717, 1.165) is 5.82 Å². The maximum atomic E-state index is 12.2. The Morgan fingerprint density at radius 3 is 3.05 bits per heavy atom. The number of nitrogens with one attached hydrogen (secondary N) is 2. The number of aromatic nitrogens is 3. The second-order valence-electron chi connectivity index (χ2n) is 4.09. The predicted molar refractivity (Wildman–Crippen MR) is 74.4 cm³/mol. The van der Waals surface area contributed by atoms with Gasteiger partial charge in [0, 0.05) is 18.7 Å². The number of carbonyl (C=O) groups is 1. The number of carbonyl (C=O) groups excluding carboxylic acids is 1. The van der Waals surface area contributed by atoms with Gasteiger partial charge in [0.2, 0.25) is 0 Å². The van der Waals surface area contributed by atoms with Gasteiger partial charge in [-0.05, 0) is 19.1 Å². The molecule has 7 heteroatoms. The molecule has 0 fully saturated rings. The third-order valence-corrected chi connectivity index (χ3v) is 2.70. The Labute approximate surface area is 116 Å². The smallest absolute Gasteiger partial charge is 0.257 e. The second-order valence-corrected chi connectivity index (χ2v) is 4.09. The SMILES string of the molecule is CCOc1cccc(N)c1C(=O)NCCc1ncn[nH]1. The highest BCUT2D eigenvalue weighted by atomic mass is 16.5. The van der Waals surface area contributed by atoms with Gasteiger partial charge in [-0.2, -0.15) is 5.10 Å². The fourth-order valence-corrected chi connectivity index (χ4v) is 1.80. The lowest BCUT2D eigenvalue weighted by atomic mass is 10.1. The summed E-state index contributed by atoms with van der Waals surface area (Å²) in [6.07, 6.45) is 2.00. The van der Waals surface area contributed by atoms with Crippen LogP contribution in [0, 0.1) is 0 Å². The molecule has 1 heterocycles. The van der Waals surface area contributed by atoms with E-state index < -0.39 is 0 Å². The van der Waals surface area contributed by atoms with E-state index in [-0.39, 0.29) is 5.91 Å². The molecule has 0 atom stereocenters. The Morgan fingerprint density at radius 1 is 1.50 bits per heavy atom. The fourth-order valence-electron chi connectivity index (χ4n) is 1.80. The number of benzene rings is 1. The van der Waals surface area contributed by atoms with Gasteiger partial charge < -0.3 is 15.8 Å². The summed E-state index contributed by atoms with van der Waals surface area (Å²) in [7, 11) is 0. The van der Waals surface area contributed by atoms with Crippen molar-refractivity contribution >= 4 is 11.6 Å². The Bertz CT molecular complexity index is 568. The van der Waals surface area contributed by atoms with E-state index in [2.05, 4.69) is 20.5 Å². The van der Waals surface area contributed by atoms with Crippen molar-refractivity contribution in [3.05, 3.63) is 35.9 Å². The van der Waals surface area contributed by atoms with Crippen LogP contribution in [0.2, 0.25) is 0 Å². The Morgan fingerprint density at radius 2 is 2.35 bits per heavy atom. The van der Waals surface area contributed by atoms with Gasteiger partial charge in [-0.3, -0.25) is 9.89 Å². The summed E-state index contributed by atoms with van der Waals surface area (Å²) >= 11 is 0. The molecule has 0 aliphatic carbocycles. The van der Waals surface area contributed by atoms with Crippen LogP contribution in [0.15, 0.2) is 24.5 Å². The number of hydrogen-bond acceptors (Lipinski definition) is 5. The van der Waals surface area contributed by atoms with E-state index >= 15 is 0 Å². The molecule has 2 aromatic rings. The molecular formula is C13H17N5O2. The summed E-state index contributed by atoms with van der Waals surface area (Å²) < 4.78 is 5.42. The van der Waals surface area contributed by atoms with Crippen LogP contribution in [0.3, 0.4) is 0 Å². The van der Waals surface area contributed by atoms with Gasteiger partial charge in [0.15, 0.2) is 0 Å². The van der Waals surface area contributed by atoms with E-state index in [4.69, 9.17) is 10.5 Å². The summed E-state index contributed by atoms with van der Waals surface area (Å²) in [6, 6.07) is 5.16. The summed E-state index contributed by atoms with van der Waals surface area (Å²) in [4.78, 5) is 16.2. The van der Waals surface area contributed by atoms with E-state index in [1.165, 1.54) is 6.33 Å². The molecule has 7 nitrogen and oxygen atoms in total. The van der Waals surface area contributed by atoms with E-state index in [9.17, 15) is 4.79 Å². The van der Waals surface area contributed by atoms with Crippen molar-refractivity contribution in [2.24, 2.45) is 0 Å². The van der Waals surface area contributed by atoms with Crippen molar-refractivity contribution in [3.8, 4) is 5.75 Å². The monoisotopic (exact) mass is 275 g/mol. The summed E-state index contributed by atoms with van der Waals surface area (Å²) in [5.74, 6) is 0.951. The number of anilines is 1. The molecule has 0 radical (unpaired) electrons. The molecule has 106 valence electrons. The highest BCUT2D eigenvalue weighted by Crippen LogP contribution is 2.24. The quantitative estimate of drug-likeness (QED) is 0.675. The first-order valence-corrected chi connectivity index (χ1v) is 6.36. The second kappa shape index (κ2) is 6.55. The molecule has 0 aliphatic rings. The number of H-pyrrole nitrogens is 1. The zero-order valence-electron chi connectivity index (χ0n) is 11.2. The Kier molecular flexibility index (Phi) is 4.54. The normalized spacial score (nSPS) is 10.2. The van der Waals surface area contributed by atoms with Gasteiger partial charge in [0.05, 0.1) is 6.61 Å². The van der Waals surface area contributed by atoms with Crippen molar-refractivity contribution in [3.63, 3.8) is 0 Å². The van der Waals surface area contributed by atoms with Crippen LogP contribution in [0.1, 0.15) is 23.1 Å². The van der Waals surface area contributed by atoms with Crippen molar-refractivity contribution in [2.45, 2.75) is 13.3 Å². The zero-order chi connectivity index (χ0) is 14.4. The first-order valence-electron chi connectivity index (χ1n) is 6.36. The summed E-state index contributed by atoms with van der Waals surface area (Å²) in [6.45, 7) is 2.77. The average Bonchev–Trinajstić information content (AvgIpc) is 2.92. The molecule has 0 unspecified atom stereocenters. The third-order valence-electron chi connectivity index (χ3n) is 2.70.